The van der Waals surface area contributed by atoms with E-state index in [4.69, 9.17) is 4.42 Å². The number of aryl methyl sites for hydroxylation is 1. The van der Waals surface area contributed by atoms with Gasteiger partial charge in [-0.25, -0.2) is 4.98 Å². The van der Waals surface area contributed by atoms with E-state index in [0.29, 0.717) is 18.9 Å². The fourth-order valence-electron chi connectivity index (χ4n) is 2.81. The monoisotopic (exact) mass is 366 g/mol. The normalized spacial score (nSPS) is 16.4. The number of carbonyl (C=O) groups is 2. The maximum Gasteiger partial charge on any atom is 0.239 e. The quantitative estimate of drug-likeness (QED) is 0.711. The lowest BCUT2D eigenvalue weighted by atomic mass is 10.2. The van der Waals surface area contributed by atoms with Crippen LogP contribution in [-0.2, 0) is 16.0 Å². The number of hydrogen-bond donors (Lipinski definition) is 3. The first-order chi connectivity index (χ1) is 11.6. The van der Waals surface area contributed by atoms with Gasteiger partial charge in [-0.15, -0.1) is 12.4 Å². The van der Waals surface area contributed by atoms with Crippen LogP contribution >= 0.6 is 12.4 Å². The number of oxazole rings is 1. The third kappa shape index (κ3) is 4.93. The first kappa shape index (κ1) is 19.2. The molecule has 2 heterocycles. The highest BCUT2D eigenvalue weighted by atomic mass is 35.5. The average Bonchev–Trinajstić information content (AvgIpc) is 3.22. The molecule has 0 saturated carbocycles. The van der Waals surface area contributed by atoms with E-state index in [2.05, 4.69) is 20.9 Å². The molecule has 25 heavy (non-hydrogen) atoms. The number of aromatic nitrogens is 1. The minimum absolute atomic E-state index is 0. The van der Waals surface area contributed by atoms with E-state index in [1.807, 2.05) is 25.1 Å². The zero-order valence-electron chi connectivity index (χ0n) is 14.1. The predicted molar refractivity (Wildman–Crippen MR) is 96.7 cm³/mol. The number of halogens is 1. The van der Waals surface area contributed by atoms with Gasteiger partial charge in [0.1, 0.15) is 5.52 Å². The standard InChI is InChI=1S/C17H22N4O3.ClH/c1-11-4-2-6-13-16(11)21-15(24-13)7-9-19-14(22)10-20-17(23)12-5-3-8-18-12;/h2,4,6,12,18H,3,5,7-10H2,1H3,(H,19,22)(H,20,23);1H. The highest BCUT2D eigenvalue weighted by Gasteiger charge is 2.21. The SMILES string of the molecule is Cc1cccc2oc(CCNC(=O)CNC(=O)C3CCCN3)nc12.Cl. The molecule has 1 fully saturated rings. The Hall–Kier alpha value is -2.12. The molecule has 1 saturated heterocycles. The third-order valence-electron chi connectivity index (χ3n) is 4.13. The van der Waals surface area contributed by atoms with Gasteiger partial charge in [-0.05, 0) is 37.9 Å². The molecule has 0 radical (unpaired) electrons. The van der Waals surface area contributed by atoms with Gasteiger partial charge in [0, 0.05) is 13.0 Å². The second-order valence-electron chi connectivity index (χ2n) is 6.00. The summed E-state index contributed by atoms with van der Waals surface area (Å²) in [6.07, 6.45) is 2.33. The van der Waals surface area contributed by atoms with Crippen LogP contribution in [0.4, 0.5) is 0 Å². The number of nitrogens with zero attached hydrogens (tertiary/aromatic N) is 1. The molecule has 3 N–H and O–H groups in total. The molecule has 1 aromatic carbocycles. The molecule has 1 atom stereocenters. The summed E-state index contributed by atoms with van der Waals surface area (Å²) < 4.78 is 5.66. The second-order valence-corrected chi connectivity index (χ2v) is 6.00. The second kappa shape index (κ2) is 8.82. The van der Waals surface area contributed by atoms with Crippen LogP contribution < -0.4 is 16.0 Å². The van der Waals surface area contributed by atoms with Crippen molar-refractivity contribution in [3.05, 3.63) is 29.7 Å². The van der Waals surface area contributed by atoms with Gasteiger partial charge in [-0.2, -0.15) is 0 Å². The van der Waals surface area contributed by atoms with E-state index >= 15 is 0 Å². The van der Waals surface area contributed by atoms with Gasteiger partial charge >= 0.3 is 0 Å². The Morgan fingerprint density at radius 3 is 2.92 bits per heavy atom. The molecule has 2 aromatic rings. The lowest BCUT2D eigenvalue weighted by Gasteiger charge is -2.10. The van der Waals surface area contributed by atoms with Crippen molar-refractivity contribution >= 4 is 35.3 Å². The molecular weight excluding hydrogens is 344 g/mol. The van der Waals surface area contributed by atoms with Crippen molar-refractivity contribution in [2.45, 2.75) is 32.2 Å². The first-order valence-corrected chi connectivity index (χ1v) is 8.26. The first-order valence-electron chi connectivity index (χ1n) is 8.26. The maximum atomic E-state index is 11.8. The molecule has 1 unspecified atom stereocenters. The summed E-state index contributed by atoms with van der Waals surface area (Å²) in [7, 11) is 0. The molecule has 1 aliphatic heterocycles. The minimum atomic E-state index is -0.214. The highest BCUT2D eigenvalue weighted by molar-refractivity contribution is 5.87. The predicted octanol–water partition coefficient (Wildman–Crippen LogP) is 1.08. The topological polar surface area (TPSA) is 96.3 Å². The van der Waals surface area contributed by atoms with Crippen LogP contribution in [-0.4, -0.2) is 42.5 Å². The van der Waals surface area contributed by atoms with Crippen LogP contribution in [0.3, 0.4) is 0 Å². The van der Waals surface area contributed by atoms with Crippen LogP contribution in [0.5, 0.6) is 0 Å². The number of carbonyl (C=O) groups excluding carboxylic acids is 2. The Morgan fingerprint density at radius 2 is 2.20 bits per heavy atom. The lowest BCUT2D eigenvalue weighted by Crippen LogP contribution is -2.44. The van der Waals surface area contributed by atoms with E-state index in [9.17, 15) is 9.59 Å². The minimum Gasteiger partial charge on any atom is -0.441 e. The van der Waals surface area contributed by atoms with Crippen molar-refractivity contribution in [3.63, 3.8) is 0 Å². The van der Waals surface area contributed by atoms with Crippen molar-refractivity contribution in [2.24, 2.45) is 0 Å². The molecule has 136 valence electrons. The Bertz CT molecular complexity index is 741. The number of benzene rings is 1. The molecule has 3 rings (SSSR count). The zero-order chi connectivity index (χ0) is 16.9. The third-order valence-corrected chi connectivity index (χ3v) is 4.13. The number of para-hydroxylation sites is 1. The van der Waals surface area contributed by atoms with Crippen molar-refractivity contribution in [3.8, 4) is 0 Å². The Labute approximate surface area is 152 Å². The van der Waals surface area contributed by atoms with Crippen LogP contribution in [0.2, 0.25) is 0 Å². The number of rotatable bonds is 6. The largest absolute Gasteiger partial charge is 0.441 e. The van der Waals surface area contributed by atoms with Gasteiger partial charge in [-0.1, -0.05) is 12.1 Å². The van der Waals surface area contributed by atoms with E-state index in [-0.39, 0.29) is 36.8 Å². The number of nitrogens with one attached hydrogen (secondary N) is 3. The van der Waals surface area contributed by atoms with E-state index in [1.165, 1.54) is 0 Å². The Kier molecular flexibility index (Phi) is 6.78. The summed E-state index contributed by atoms with van der Waals surface area (Å²) in [5, 5.41) is 8.51. The molecule has 1 aromatic heterocycles. The molecular formula is C17H23ClN4O3. The van der Waals surface area contributed by atoms with Crippen LogP contribution in [0.15, 0.2) is 22.6 Å². The summed E-state index contributed by atoms with van der Waals surface area (Å²) >= 11 is 0. The molecule has 0 bridgehead atoms. The smallest absolute Gasteiger partial charge is 0.239 e. The summed E-state index contributed by atoms with van der Waals surface area (Å²) in [5.41, 5.74) is 2.68. The Morgan fingerprint density at radius 1 is 1.36 bits per heavy atom. The van der Waals surface area contributed by atoms with Crippen LogP contribution in [0.25, 0.3) is 11.1 Å². The lowest BCUT2D eigenvalue weighted by molar-refractivity contribution is -0.127. The fraction of sp³-hybridized carbons (Fsp3) is 0.471. The van der Waals surface area contributed by atoms with Crippen molar-refractivity contribution in [1.29, 1.82) is 0 Å². The van der Waals surface area contributed by atoms with Gasteiger partial charge in [0.25, 0.3) is 0 Å². The fourth-order valence-corrected chi connectivity index (χ4v) is 2.81. The molecule has 7 nitrogen and oxygen atoms in total. The van der Waals surface area contributed by atoms with E-state index < -0.39 is 0 Å². The average molecular weight is 367 g/mol. The molecule has 0 aliphatic carbocycles. The molecule has 2 amide bonds. The molecule has 0 spiro atoms. The zero-order valence-corrected chi connectivity index (χ0v) is 14.9. The van der Waals surface area contributed by atoms with Crippen molar-refractivity contribution in [2.75, 3.05) is 19.6 Å². The van der Waals surface area contributed by atoms with Crippen molar-refractivity contribution in [1.82, 2.24) is 20.9 Å². The summed E-state index contributed by atoms with van der Waals surface area (Å²) in [6.45, 7) is 3.25. The van der Waals surface area contributed by atoms with Gasteiger partial charge in [0.2, 0.25) is 11.8 Å². The number of amides is 2. The van der Waals surface area contributed by atoms with Crippen LogP contribution in [0, 0.1) is 6.92 Å². The van der Waals surface area contributed by atoms with Crippen molar-refractivity contribution < 1.29 is 14.0 Å². The maximum absolute atomic E-state index is 11.8. The Balaban J connectivity index is 0.00000225. The summed E-state index contributed by atoms with van der Waals surface area (Å²) in [5.74, 6) is 0.268. The van der Waals surface area contributed by atoms with Gasteiger partial charge in [0.05, 0.1) is 12.6 Å². The highest BCUT2D eigenvalue weighted by Crippen LogP contribution is 2.18. The summed E-state index contributed by atoms with van der Waals surface area (Å²) in [6, 6.07) is 5.62. The van der Waals surface area contributed by atoms with Gasteiger partial charge in [0.15, 0.2) is 11.5 Å². The van der Waals surface area contributed by atoms with E-state index in [0.717, 1.165) is 36.0 Å². The van der Waals surface area contributed by atoms with Gasteiger partial charge < -0.3 is 20.4 Å². The van der Waals surface area contributed by atoms with E-state index in [1.54, 1.807) is 0 Å². The number of fused-ring (bicyclic) bond motifs is 1. The summed E-state index contributed by atoms with van der Waals surface area (Å²) in [4.78, 5) is 28.0. The number of hydrogen-bond acceptors (Lipinski definition) is 5. The molecule has 8 heteroatoms. The van der Waals surface area contributed by atoms with Crippen LogP contribution in [0.1, 0.15) is 24.3 Å². The van der Waals surface area contributed by atoms with Gasteiger partial charge in [-0.3, -0.25) is 9.59 Å². The molecule has 1 aliphatic rings.